The van der Waals surface area contributed by atoms with Gasteiger partial charge in [0.1, 0.15) is 10.4 Å². The highest BCUT2D eigenvalue weighted by atomic mass is 35.5. The monoisotopic (exact) mass is 221 g/mol. The average Bonchev–Trinajstić information content (AvgIpc) is 2.52. The van der Waals surface area contributed by atoms with Crippen LogP contribution in [-0.4, -0.2) is 6.29 Å². The van der Waals surface area contributed by atoms with Gasteiger partial charge in [-0.05, 0) is 6.07 Å². The van der Waals surface area contributed by atoms with E-state index >= 15 is 0 Å². The number of rotatable bonds is 1. The van der Waals surface area contributed by atoms with Gasteiger partial charge in [-0.25, -0.2) is 0 Å². The van der Waals surface area contributed by atoms with Crippen molar-refractivity contribution in [3.63, 3.8) is 0 Å². The maximum Gasteiger partial charge on any atom is 0.153 e. The molecule has 0 atom stereocenters. The first-order valence-corrected chi connectivity index (χ1v) is 5.03. The van der Waals surface area contributed by atoms with Crippen molar-refractivity contribution in [2.75, 3.05) is 0 Å². The average molecular weight is 222 g/mol. The highest BCUT2D eigenvalue weighted by Crippen LogP contribution is 2.35. The van der Waals surface area contributed by atoms with Gasteiger partial charge in [0.05, 0.1) is 15.8 Å². The van der Waals surface area contributed by atoms with Gasteiger partial charge in [0.25, 0.3) is 0 Å². The topological polar surface area (TPSA) is 40.9 Å². The lowest BCUT2D eigenvalue weighted by Crippen LogP contribution is -1.77. The lowest BCUT2D eigenvalue weighted by Gasteiger charge is -1.91. The van der Waals surface area contributed by atoms with Crippen LogP contribution in [0, 0.1) is 11.3 Å². The molecule has 0 saturated carbocycles. The van der Waals surface area contributed by atoms with Crippen molar-refractivity contribution in [1.29, 1.82) is 5.26 Å². The van der Waals surface area contributed by atoms with Crippen LogP contribution in [0.25, 0.3) is 10.1 Å². The first-order chi connectivity index (χ1) is 6.77. The molecule has 68 valence electrons. The predicted molar refractivity (Wildman–Crippen MR) is 56.9 cm³/mol. The summed E-state index contributed by atoms with van der Waals surface area (Å²) in [5.41, 5.74) is 1.03. The molecule has 0 amide bonds. The Kier molecular flexibility index (Phi) is 2.24. The number of carbonyl (C=O) groups excluding carboxylic acids is 1. The fourth-order valence-electron chi connectivity index (χ4n) is 1.31. The largest absolute Gasteiger partial charge is 0.298 e. The Morgan fingerprint density at radius 3 is 2.93 bits per heavy atom. The van der Waals surface area contributed by atoms with E-state index in [4.69, 9.17) is 16.9 Å². The van der Waals surface area contributed by atoms with Gasteiger partial charge in [0.15, 0.2) is 6.29 Å². The quantitative estimate of drug-likeness (QED) is 0.694. The predicted octanol–water partition coefficient (Wildman–Crippen LogP) is 3.24. The smallest absolute Gasteiger partial charge is 0.153 e. The Labute approximate surface area is 89.3 Å². The van der Waals surface area contributed by atoms with Crippen LogP contribution >= 0.6 is 22.9 Å². The molecule has 0 N–H and O–H groups in total. The first-order valence-electron chi connectivity index (χ1n) is 3.84. The van der Waals surface area contributed by atoms with Crippen molar-refractivity contribution in [1.82, 2.24) is 0 Å². The van der Waals surface area contributed by atoms with Crippen LogP contribution in [-0.2, 0) is 0 Å². The summed E-state index contributed by atoms with van der Waals surface area (Å²) in [6.07, 6.45) is 0.725. The van der Waals surface area contributed by atoms with E-state index in [-0.39, 0.29) is 0 Å². The number of aldehydes is 1. The van der Waals surface area contributed by atoms with Crippen LogP contribution in [0.3, 0.4) is 0 Å². The first kappa shape index (κ1) is 9.20. The van der Waals surface area contributed by atoms with Crippen LogP contribution in [0.4, 0.5) is 0 Å². The fourth-order valence-corrected chi connectivity index (χ4v) is 2.64. The number of hydrogen-bond acceptors (Lipinski definition) is 3. The van der Waals surface area contributed by atoms with Gasteiger partial charge < -0.3 is 0 Å². The molecule has 0 aliphatic heterocycles. The van der Waals surface area contributed by atoms with E-state index in [1.54, 1.807) is 18.2 Å². The van der Waals surface area contributed by atoms with Gasteiger partial charge in [-0.1, -0.05) is 23.7 Å². The number of thiophene rings is 1. The van der Waals surface area contributed by atoms with E-state index in [9.17, 15) is 4.79 Å². The number of halogens is 1. The molecule has 0 fully saturated rings. The zero-order valence-electron chi connectivity index (χ0n) is 6.95. The molecule has 0 spiro atoms. The third kappa shape index (κ3) is 1.20. The third-order valence-corrected chi connectivity index (χ3v) is 3.43. The number of nitriles is 1. The Bertz CT molecular complexity index is 553. The van der Waals surface area contributed by atoms with Crippen molar-refractivity contribution in [2.24, 2.45) is 0 Å². The molecule has 0 saturated heterocycles. The number of fused-ring (bicyclic) bond motifs is 1. The SMILES string of the molecule is N#Cc1cccc2c(C=O)c(Cl)sc12. The second kappa shape index (κ2) is 3.41. The van der Waals surface area contributed by atoms with Crippen molar-refractivity contribution in [3.8, 4) is 6.07 Å². The second-order valence-corrected chi connectivity index (χ2v) is 4.32. The van der Waals surface area contributed by atoms with Crippen molar-refractivity contribution >= 4 is 39.3 Å². The van der Waals surface area contributed by atoms with Gasteiger partial charge in [-0.15, -0.1) is 11.3 Å². The van der Waals surface area contributed by atoms with Gasteiger partial charge in [-0.3, -0.25) is 4.79 Å². The molecular weight excluding hydrogens is 218 g/mol. The molecule has 2 nitrogen and oxygen atoms in total. The normalized spacial score (nSPS) is 10.0. The van der Waals surface area contributed by atoms with Gasteiger partial charge in [-0.2, -0.15) is 5.26 Å². The Morgan fingerprint density at radius 2 is 2.29 bits per heavy atom. The Morgan fingerprint density at radius 1 is 1.50 bits per heavy atom. The molecule has 1 aromatic heterocycles. The summed E-state index contributed by atoms with van der Waals surface area (Å²) in [6.45, 7) is 0. The van der Waals surface area contributed by atoms with Crippen LogP contribution in [0.5, 0.6) is 0 Å². The van der Waals surface area contributed by atoms with E-state index in [2.05, 4.69) is 6.07 Å². The minimum absolute atomic E-state index is 0.442. The maximum absolute atomic E-state index is 10.7. The fraction of sp³-hybridized carbons (Fsp3) is 0. The number of benzene rings is 1. The van der Waals surface area contributed by atoms with Crippen molar-refractivity contribution in [2.45, 2.75) is 0 Å². The summed E-state index contributed by atoms with van der Waals surface area (Å²) < 4.78 is 1.22. The van der Waals surface area contributed by atoms with Crippen molar-refractivity contribution in [3.05, 3.63) is 33.7 Å². The van der Waals surface area contributed by atoms with Crippen LogP contribution in [0.1, 0.15) is 15.9 Å². The molecule has 0 radical (unpaired) electrons. The lowest BCUT2D eigenvalue weighted by molar-refractivity contribution is 0.112. The van der Waals surface area contributed by atoms with Crippen LogP contribution < -0.4 is 0 Å². The van der Waals surface area contributed by atoms with E-state index in [0.717, 1.165) is 16.4 Å². The third-order valence-electron chi connectivity index (χ3n) is 1.95. The summed E-state index contributed by atoms with van der Waals surface area (Å²) in [6, 6.07) is 7.32. The Balaban J connectivity index is 2.94. The molecule has 2 rings (SSSR count). The minimum Gasteiger partial charge on any atom is -0.298 e. The number of carbonyl (C=O) groups is 1. The van der Waals surface area contributed by atoms with Crippen molar-refractivity contribution < 1.29 is 4.79 Å². The minimum atomic E-state index is 0.442. The molecule has 0 aliphatic rings. The molecule has 2 aromatic rings. The van der Waals surface area contributed by atoms with E-state index in [1.807, 2.05) is 0 Å². The molecule has 4 heteroatoms. The molecule has 0 unspecified atom stereocenters. The Hall–Kier alpha value is -1.37. The molecule has 0 bridgehead atoms. The highest BCUT2D eigenvalue weighted by molar-refractivity contribution is 7.23. The van der Waals surface area contributed by atoms with E-state index in [0.29, 0.717) is 15.5 Å². The molecule has 0 aliphatic carbocycles. The summed E-state index contributed by atoms with van der Waals surface area (Å²) in [5, 5.41) is 9.59. The lowest BCUT2D eigenvalue weighted by atomic mass is 10.1. The zero-order valence-corrected chi connectivity index (χ0v) is 8.52. The summed E-state index contributed by atoms with van der Waals surface area (Å²) >= 11 is 7.14. The molecular formula is C10H4ClNOS. The zero-order chi connectivity index (χ0) is 10.1. The molecule has 1 aromatic carbocycles. The summed E-state index contributed by atoms with van der Waals surface area (Å²) in [7, 11) is 0. The number of hydrogen-bond donors (Lipinski definition) is 0. The van der Waals surface area contributed by atoms with Crippen LogP contribution in [0.15, 0.2) is 18.2 Å². The van der Waals surface area contributed by atoms with Crippen LogP contribution in [0.2, 0.25) is 4.34 Å². The summed E-state index contributed by atoms with van der Waals surface area (Å²) in [5.74, 6) is 0. The van der Waals surface area contributed by atoms with E-state index < -0.39 is 0 Å². The van der Waals surface area contributed by atoms with Gasteiger partial charge in [0, 0.05) is 5.39 Å². The molecule has 14 heavy (non-hydrogen) atoms. The van der Waals surface area contributed by atoms with Gasteiger partial charge >= 0.3 is 0 Å². The van der Waals surface area contributed by atoms with E-state index in [1.165, 1.54) is 11.3 Å². The molecule has 1 heterocycles. The second-order valence-electron chi connectivity index (χ2n) is 2.70. The number of nitrogens with zero attached hydrogens (tertiary/aromatic N) is 1. The maximum atomic E-state index is 10.7. The van der Waals surface area contributed by atoms with Gasteiger partial charge in [0.2, 0.25) is 0 Å². The highest BCUT2D eigenvalue weighted by Gasteiger charge is 2.11. The standard InChI is InChI=1S/C10H4ClNOS/c11-10-8(5-13)7-3-1-2-6(4-12)9(7)14-10/h1-3,5H. The summed E-state index contributed by atoms with van der Waals surface area (Å²) in [4.78, 5) is 10.7.